The smallest absolute Gasteiger partial charge is 0.234 e. The first-order valence-electron chi connectivity index (χ1n) is 12.6. The van der Waals surface area contributed by atoms with Gasteiger partial charge in [0.25, 0.3) is 0 Å². The molecule has 1 unspecified atom stereocenters. The number of fused-ring (bicyclic) bond motifs is 1. The number of piperazine rings is 1. The van der Waals surface area contributed by atoms with Crippen molar-refractivity contribution >= 4 is 54.6 Å². The van der Waals surface area contributed by atoms with Crippen molar-refractivity contribution in [3.8, 4) is 0 Å². The van der Waals surface area contributed by atoms with Crippen molar-refractivity contribution in [2.45, 2.75) is 16.0 Å². The second-order valence-corrected chi connectivity index (χ2v) is 13.3. The van der Waals surface area contributed by atoms with Gasteiger partial charge in [-0.1, -0.05) is 72.3 Å². The Morgan fingerprint density at radius 3 is 2.56 bits per heavy atom. The van der Waals surface area contributed by atoms with Crippen LogP contribution < -0.4 is 5.32 Å². The van der Waals surface area contributed by atoms with Crippen LogP contribution in [0.15, 0.2) is 83.1 Å². The maximum atomic E-state index is 14.1. The van der Waals surface area contributed by atoms with Crippen molar-refractivity contribution in [1.82, 2.24) is 15.1 Å². The summed E-state index contributed by atoms with van der Waals surface area (Å²) >= 11 is 7.32. The van der Waals surface area contributed by atoms with E-state index in [-0.39, 0.29) is 16.7 Å². The van der Waals surface area contributed by atoms with Crippen LogP contribution in [0.3, 0.4) is 0 Å². The molecule has 1 amide bonds. The zero-order chi connectivity index (χ0) is 27.6. The number of nitrogens with zero attached hydrogens (tertiary/aromatic N) is 2. The lowest BCUT2D eigenvalue weighted by Crippen LogP contribution is -2.50. The molecule has 0 saturated carbocycles. The van der Waals surface area contributed by atoms with Crippen molar-refractivity contribution in [3.05, 3.63) is 101 Å². The van der Waals surface area contributed by atoms with Crippen LogP contribution in [0.1, 0.15) is 22.1 Å². The Kier molecular flexibility index (Phi) is 8.04. The molecular weight excluding hydrogens is 552 g/mol. The fourth-order valence-corrected chi connectivity index (χ4v) is 8.43. The fourth-order valence-electron chi connectivity index (χ4n) is 4.75. The summed E-state index contributed by atoms with van der Waals surface area (Å²) in [4.78, 5) is 15.8. The molecule has 202 valence electrons. The predicted molar refractivity (Wildman–Crippen MR) is 157 cm³/mol. The van der Waals surface area contributed by atoms with Crippen molar-refractivity contribution < 1.29 is 13.2 Å². The molecule has 10 heteroatoms. The van der Waals surface area contributed by atoms with Gasteiger partial charge in [0.05, 0.1) is 6.54 Å². The molecule has 0 radical (unpaired) electrons. The van der Waals surface area contributed by atoms with Gasteiger partial charge in [-0.05, 0) is 41.1 Å². The van der Waals surface area contributed by atoms with Gasteiger partial charge >= 0.3 is 0 Å². The molecule has 39 heavy (non-hydrogen) atoms. The van der Waals surface area contributed by atoms with E-state index in [9.17, 15) is 13.2 Å². The van der Waals surface area contributed by atoms with Crippen LogP contribution in [0, 0.1) is 5.41 Å². The molecule has 0 spiro atoms. The van der Waals surface area contributed by atoms with Gasteiger partial charge in [0.15, 0.2) is 0 Å². The SMILES string of the molecule is CN(CCc1ccccc1)C(=N)c1ccc(C(N2CCNC(=O)C2)S(=O)(=O)c2cc3ccc(Cl)cc3s2)cc1. The summed E-state index contributed by atoms with van der Waals surface area (Å²) in [6, 6.07) is 24.2. The Morgan fingerprint density at radius 2 is 1.85 bits per heavy atom. The minimum atomic E-state index is -3.88. The van der Waals surface area contributed by atoms with Gasteiger partial charge in [-0.25, -0.2) is 8.42 Å². The van der Waals surface area contributed by atoms with Crippen LogP contribution in [0.4, 0.5) is 0 Å². The third-order valence-electron chi connectivity index (χ3n) is 6.86. The van der Waals surface area contributed by atoms with Crippen molar-refractivity contribution in [2.75, 3.05) is 33.2 Å². The van der Waals surface area contributed by atoms with E-state index in [2.05, 4.69) is 17.4 Å². The molecule has 0 bridgehead atoms. The molecule has 1 fully saturated rings. The quantitative estimate of drug-likeness (QED) is 0.227. The Morgan fingerprint density at radius 1 is 1.10 bits per heavy atom. The average Bonchev–Trinajstić information content (AvgIpc) is 3.37. The summed E-state index contributed by atoms with van der Waals surface area (Å²) in [6.45, 7) is 1.45. The lowest BCUT2D eigenvalue weighted by molar-refractivity contribution is -0.124. The van der Waals surface area contributed by atoms with Gasteiger partial charge in [0.2, 0.25) is 15.7 Å². The van der Waals surface area contributed by atoms with E-state index in [1.807, 2.05) is 36.2 Å². The summed E-state index contributed by atoms with van der Waals surface area (Å²) in [6.07, 6.45) is 0.815. The van der Waals surface area contributed by atoms with E-state index < -0.39 is 15.2 Å². The Bertz CT molecular complexity index is 1600. The number of amidine groups is 1. The molecule has 1 aliphatic rings. The average molecular weight is 581 g/mol. The van der Waals surface area contributed by atoms with Gasteiger partial charge in [0, 0.05) is 42.0 Å². The Balaban J connectivity index is 1.42. The van der Waals surface area contributed by atoms with Crippen LogP contribution in [-0.4, -0.2) is 63.2 Å². The summed E-state index contributed by atoms with van der Waals surface area (Å²) in [5.41, 5.74) is 2.46. The summed E-state index contributed by atoms with van der Waals surface area (Å²) in [7, 11) is -2.00. The van der Waals surface area contributed by atoms with E-state index in [4.69, 9.17) is 17.0 Å². The van der Waals surface area contributed by atoms with E-state index in [0.717, 1.165) is 16.5 Å². The Hall–Kier alpha value is -3.24. The maximum Gasteiger partial charge on any atom is 0.234 e. The molecule has 1 aliphatic heterocycles. The molecule has 3 aromatic carbocycles. The second-order valence-electron chi connectivity index (χ2n) is 9.59. The van der Waals surface area contributed by atoms with Crippen molar-refractivity contribution in [1.29, 1.82) is 5.41 Å². The number of rotatable bonds is 8. The monoisotopic (exact) mass is 580 g/mol. The highest BCUT2D eigenvalue weighted by atomic mass is 35.5. The van der Waals surface area contributed by atoms with Crippen LogP contribution in [0.2, 0.25) is 5.02 Å². The number of likely N-dealkylation sites (N-methyl/N-ethyl adjacent to an activating group) is 1. The lowest BCUT2D eigenvalue weighted by atomic mass is 10.1. The number of hydrogen-bond acceptors (Lipinski definition) is 6. The molecule has 7 nitrogen and oxygen atoms in total. The molecule has 2 heterocycles. The maximum absolute atomic E-state index is 14.1. The first-order chi connectivity index (χ1) is 18.7. The highest BCUT2D eigenvalue weighted by molar-refractivity contribution is 7.93. The number of carbonyl (C=O) groups excluding carboxylic acids is 1. The third-order valence-corrected chi connectivity index (χ3v) is 10.8. The largest absolute Gasteiger partial charge is 0.359 e. The highest BCUT2D eigenvalue weighted by Crippen LogP contribution is 2.39. The minimum Gasteiger partial charge on any atom is -0.359 e. The summed E-state index contributed by atoms with van der Waals surface area (Å²) < 4.78 is 29.2. The minimum absolute atomic E-state index is 0.0135. The first kappa shape index (κ1) is 27.3. The standard InChI is InChI=1S/C29H29ClN4O3S2/c1-33(15-13-20-5-3-2-4-6-20)28(31)21-7-9-22(10-8-21)29(34-16-14-32-26(35)19-34)39(36,37)27-17-23-11-12-24(30)18-25(23)38-27/h2-12,17-18,29,31H,13-16,19H2,1H3,(H,32,35). The van der Waals surface area contributed by atoms with Crippen LogP contribution in [-0.2, 0) is 21.1 Å². The highest BCUT2D eigenvalue weighted by Gasteiger charge is 2.37. The third kappa shape index (κ3) is 6.01. The molecule has 1 aromatic heterocycles. The first-order valence-corrected chi connectivity index (χ1v) is 15.3. The van der Waals surface area contributed by atoms with Gasteiger partial charge in [-0.15, -0.1) is 11.3 Å². The van der Waals surface area contributed by atoms with Gasteiger partial charge in [-0.3, -0.25) is 15.1 Å². The summed E-state index contributed by atoms with van der Waals surface area (Å²) in [5, 5.41) is 11.8. The van der Waals surface area contributed by atoms with Crippen LogP contribution in [0.5, 0.6) is 0 Å². The number of carbonyl (C=O) groups is 1. The molecular formula is C29H29ClN4O3S2. The van der Waals surface area contributed by atoms with E-state index in [1.54, 1.807) is 47.4 Å². The van der Waals surface area contributed by atoms with Crippen LogP contribution >= 0.6 is 22.9 Å². The van der Waals surface area contributed by atoms with Gasteiger partial charge < -0.3 is 10.2 Å². The molecule has 4 aromatic rings. The van der Waals surface area contributed by atoms with Crippen LogP contribution in [0.25, 0.3) is 10.1 Å². The zero-order valence-corrected chi connectivity index (χ0v) is 23.8. The number of thiophene rings is 1. The molecule has 1 saturated heterocycles. The topological polar surface area (TPSA) is 93.6 Å². The van der Waals surface area contributed by atoms with Gasteiger partial charge in [-0.2, -0.15) is 0 Å². The zero-order valence-electron chi connectivity index (χ0n) is 21.4. The number of halogens is 1. The predicted octanol–water partition coefficient (Wildman–Crippen LogP) is 4.96. The molecule has 5 rings (SSSR count). The number of amides is 1. The number of sulfone groups is 1. The number of benzene rings is 3. The summed E-state index contributed by atoms with van der Waals surface area (Å²) in [5.74, 6) is 0.152. The lowest BCUT2D eigenvalue weighted by Gasteiger charge is -2.33. The second kappa shape index (κ2) is 11.5. The molecule has 1 atom stereocenters. The van der Waals surface area contributed by atoms with E-state index >= 15 is 0 Å². The number of nitrogens with one attached hydrogen (secondary N) is 2. The van der Waals surface area contributed by atoms with E-state index in [1.165, 1.54) is 16.9 Å². The number of hydrogen-bond donors (Lipinski definition) is 2. The normalized spacial score (nSPS) is 15.2. The van der Waals surface area contributed by atoms with Gasteiger partial charge in [0.1, 0.15) is 15.4 Å². The van der Waals surface area contributed by atoms with Crippen molar-refractivity contribution in [2.24, 2.45) is 0 Å². The van der Waals surface area contributed by atoms with Crippen molar-refractivity contribution in [3.63, 3.8) is 0 Å². The fraction of sp³-hybridized carbons (Fsp3) is 0.241. The Labute approximate surface area is 237 Å². The molecule has 2 N–H and O–H groups in total. The van der Waals surface area contributed by atoms with E-state index in [0.29, 0.717) is 41.6 Å². The molecule has 0 aliphatic carbocycles.